The number of aromatic nitrogens is 2. The Morgan fingerprint density at radius 1 is 1.31 bits per heavy atom. The maximum atomic E-state index is 4.58. The first-order chi connectivity index (χ1) is 7.86. The van der Waals surface area contributed by atoms with E-state index in [0.29, 0.717) is 0 Å². The lowest BCUT2D eigenvalue weighted by molar-refractivity contribution is 0.411. The first-order valence-corrected chi connectivity index (χ1v) is 6.86. The van der Waals surface area contributed by atoms with Gasteiger partial charge in [0.25, 0.3) is 0 Å². The van der Waals surface area contributed by atoms with E-state index in [9.17, 15) is 0 Å². The molecule has 0 bridgehead atoms. The second kappa shape index (κ2) is 4.17. The van der Waals surface area contributed by atoms with Gasteiger partial charge in [0, 0.05) is 31.0 Å². The predicted octanol–water partition coefficient (Wildman–Crippen LogP) is 2.50. The minimum atomic E-state index is 0.846. The maximum Gasteiger partial charge on any atom is 0.205 e. The molecule has 1 aliphatic carbocycles. The molecule has 1 aromatic heterocycles. The topological polar surface area (TPSA) is 29.0 Å². The van der Waals surface area contributed by atoms with E-state index >= 15 is 0 Å². The highest BCUT2D eigenvalue weighted by molar-refractivity contribution is 7.09. The van der Waals surface area contributed by atoms with Gasteiger partial charge in [0.05, 0.1) is 0 Å². The lowest BCUT2D eigenvalue weighted by Crippen LogP contribution is -2.19. The van der Waals surface area contributed by atoms with Gasteiger partial charge in [-0.1, -0.05) is 19.1 Å². The van der Waals surface area contributed by atoms with Crippen molar-refractivity contribution >= 4 is 16.7 Å². The normalized spacial score (nSPS) is 28.4. The Hall–Kier alpha value is -0.900. The summed E-state index contributed by atoms with van der Waals surface area (Å²) in [7, 11) is 0. The molecule has 0 radical (unpaired) electrons. The fourth-order valence-electron chi connectivity index (χ4n) is 2.69. The summed E-state index contributed by atoms with van der Waals surface area (Å²) in [6.07, 6.45) is 8.12. The molecule has 2 aliphatic rings. The van der Waals surface area contributed by atoms with Crippen molar-refractivity contribution in [1.82, 2.24) is 9.36 Å². The van der Waals surface area contributed by atoms with Crippen molar-refractivity contribution in [2.45, 2.75) is 26.2 Å². The van der Waals surface area contributed by atoms with Crippen molar-refractivity contribution < 1.29 is 0 Å². The third kappa shape index (κ3) is 1.75. The van der Waals surface area contributed by atoms with Crippen LogP contribution in [-0.2, 0) is 6.42 Å². The first kappa shape index (κ1) is 10.3. The van der Waals surface area contributed by atoms with Crippen LogP contribution in [0.15, 0.2) is 12.2 Å². The van der Waals surface area contributed by atoms with E-state index in [2.05, 4.69) is 33.3 Å². The summed E-state index contributed by atoms with van der Waals surface area (Å²) < 4.78 is 4.37. The second-order valence-electron chi connectivity index (χ2n) is 4.71. The molecule has 1 aliphatic heterocycles. The van der Waals surface area contributed by atoms with Gasteiger partial charge in [-0.2, -0.15) is 4.37 Å². The molecule has 0 spiro atoms. The van der Waals surface area contributed by atoms with E-state index in [-0.39, 0.29) is 0 Å². The summed E-state index contributed by atoms with van der Waals surface area (Å²) in [6, 6.07) is 0. The molecule has 2 unspecified atom stereocenters. The van der Waals surface area contributed by atoms with Crippen LogP contribution in [0.5, 0.6) is 0 Å². The second-order valence-corrected chi connectivity index (χ2v) is 5.44. The molecule has 16 heavy (non-hydrogen) atoms. The number of allylic oxidation sites excluding steroid dienone is 2. The van der Waals surface area contributed by atoms with Crippen molar-refractivity contribution in [3.05, 3.63) is 18.0 Å². The number of hydrogen-bond donors (Lipinski definition) is 0. The Balaban J connectivity index is 1.73. The molecule has 0 aromatic carbocycles. The molecule has 86 valence electrons. The van der Waals surface area contributed by atoms with E-state index in [1.54, 1.807) is 11.5 Å². The highest BCUT2D eigenvalue weighted by Crippen LogP contribution is 2.35. The molecular weight excluding hydrogens is 218 g/mol. The molecule has 2 heterocycles. The van der Waals surface area contributed by atoms with E-state index in [4.69, 9.17) is 0 Å². The van der Waals surface area contributed by atoms with Gasteiger partial charge >= 0.3 is 0 Å². The number of fused-ring (bicyclic) bond motifs is 1. The SMILES string of the molecule is CCc1nsc(N2CC3CC=CCC3C2)n1. The van der Waals surface area contributed by atoms with Gasteiger partial charge in [0.1, 0.15) is 5.82 Å². The molecule has 2 atom stereocenters. The zero-order valence-corrected chi connectivity index (χ0v) is 10.4. The lowest BCUT2D eigenvalue weighted by Gasteiger charge is -2.17. The molecule has 0 amide bonds. The van der Waals surface area contributed by atoms with E-state index in [0.717, 1.165) is 29.2 Å². The van der Waals surface area contributed by atoms with E-state index in [1.165, 1.54) is 25.9 Å². The Labute approximate surface area is 100 Å². The number of rotatable bonds is 2. The molecular formula is C12H17N3S. The van der Waals surface area contributed by atoms with Crippen molar-refractivity contribution in [3.63, 3.8) is 0 Å². The van der Waals surface area contributed by atoms with Gasteiger partial charge in [-0.15, -0.1) is 0 Å². The predicted molar refractivity (Wildman–Crippen MR) is 66.9 cm³/mol. The number of anilines is 1. The molecule has 4 heteroatoms. The van der Waals surface area contributed by atoms with Gasteiger partial charge < -0.3 is 4.90 Å². The van der Waals surface area contributed by atoms with Gasteiger partial charge in [0.15, 0.2) is 0 Å². The van der Waals surface area contributed by atoms with Crippen LogP contribution in [0.1, 0.15) is 25.6 Å². The largest absolute Gasteiger partial charge is 0.346 e. The average molecular weight is 235 g/mol. The number of nitrogens with zero attached hydrogens (tertiary/aromatic N) is 3. The minimum Gasteiger partial charge on any atom is -0.346 e. The Kier molecular flexibility index (Phi) is 2.67. The number of aryl methyl sites for hydroxylation is 1. The highest BCUT2D eigenvalue weighted by atomic mass is 32.1. The van der Waals surface area contributed by atoms with Gasteiger partial charge in [-0.05, 0) is 24.7 Å². The molecule has 0 N–H and O–H groups in total. The van der Waals surface area contributed by atoms with Crippen LogP contribution in [0.2, 0.25) is 0 Å². The van der Waals surface area contributed by atoms with Crippen molar-refractivity contribution in [3.8, 4) is 0 Å². The van der Waals surface area contributed by atoms with Crippen LogP contribution >= 0.6 is 11.5 Å². The van der Waals surface area contributed by atoms with Gasteiger partial charge in [0.2, 0.25) is 5.13 Å². The molecule has 3 rings (SSSR count). The third-order valence-corrected chi connectivity index (χ3v) is 4.48. The van der Waals surface area contributed by atoms with Crippen LogP contribution in [0.25, 0.3) is 0 Å². The van der Waals surface area contributed by atoms with Crippen molar-refractivity contribution in [2.24, 2.45) is 11.8 Å². The Morgan fingerprint density at radius 3 is 2.56 bits per heavy atom. The zero-order chi connectivity index (χ0) is 11.0. The summed E-state index contributed by atoms with van der Waals surface area (Å²) in [5, 5.41) is 1.13. The molecule has 1 aromatic rings. The molecule has 0 saturated carbocycles. The van der Waals surface area contributed by atoms with Crippen molar-refractivity contribution in [2.75, 3.05) is 18.0 Å². The average Bonchev–Trinajstić information content (AvgIpc) is 2.95. The smallest absolute Gasteiger partial charge is 0.205 e. The van der Waals surface area contributed by atoms with Crippen LogP contribution < -0.4 is 4.90 Å². The molecule has 3 nitrogen and oxygen atoms in total. The van der Waals surface area contributed by atoms with E-state index < -0.39 is 0 Å². The summed E-state index contributed by atoms with van der Waals surface area (Å²) >= 11 is 1.56. The highest BCUT2D eigenvalue weighted by Gasteiger charge is 2.34. The lowest BCUT2D eigenvalue weighted by atomic mass is 9.86. The summed E-state index contributed by atoms with van der Waals surface area (Å²) in [5.41, 5.74) is 0. The first-order valence-electron chi connectivity index (χ1n) is 6.09. The minimum absolute atomic E-state index is 0.846. The zero-order valence-electron chi connectivity index (χ0n) is 9.59. The standard InChI is InChI=1S/C12H17N3S/c1-2-11-13-12(16-14-11)15-7-9-5-3-4-6-10(9)8-15/h3-4,9-10H,2,5-8H2,1H3. The van der Waals surface area contributed by atoms with Crippen molar-refractivity contribution in [1.29, 1.82) is 0 Å². The number of hydrogen-bond acceptors (Lipinski definition) is 4. The summed E-state index contributed by atoms with van der Waals surface area (Å²) in [4.78, 5) is 7.01. The maximum absolute atomic E-state index is 4.58. The van der Waals surface area contributed by atoms with E-state index in [1.807, 2.05) is 0 Å². The van der Waals surface area contributed by atoms with Crippen LogP contribution in [0.3, 0.4) is 0 Å². The molecule has 1 fully saturated rings. The van der Waals surface area contributed by atoms with Crippen LogP contribution in [0, 0.1) is 11.8 Å². The monoisotopic (exact) mass is 235 g/mol. The Bertz CT molecular complexity index is 383. The fraction of sp³-hybridized carbons (Fsp3) is 0.667. The quantitative estimate of drug-likeness (QED) is 0.738. The fourth-order valence-corrected chi connectivity index (χ4v) is 3.46. The third-order valence-electron chi connectivity index (χ3n) is 3.66. The van der Waals surface area contributed by atoms with Crippen LogP contribution in [-0.4, -0.2) is 22.4 Å². The van der Waals surface area contributed by atoms with Gasteiger partial charge in [-0.25, -0.2) is 4.98 Å². The molecule has 1 saturated heterocycles. The summed E-state index contributed by atoms with van der Waals surface area (Å²) in [6.45, 7) is 4.46. The van der Waals surface area contributed by atoms with Gasteiger partial charge in [-0.3, -0.25) is 0 Å². The summed E-state index contributed by atoms with van der Waals surface area (Å²) in [5.74, 6) is 2.69. The Morgan fingerprint density at radius 2 is 2.00 bits per heavy atom. The van der Waals surface area contributed by atoms with Crippen LogP contribution in [0.4, 0.5) is 5.13 Å².